The maximum Gasteiger partial charge on any atom is 0.332 e. The van der Waals surface area contributed by atoms with Gasteiger partial charge in [0, 0.05) is 6.42 Å². The van der Waals surface area contributed by atoms with E-state index in [-0.39, 0.29) is 17.9 Å². The predicted octanol–water partition coefficient (Wildman–Crippen LogP) is 4.30. The molecule has 1 fully saturated rings. The van der Waals surface area contributed by atoms with Crippen LogP contribution in [0.1, 0.15) is 51.3 Å². The molecule has 1 saturated heterocycles. The number of ether oxygens (including phenoxy) is 1. The van der Waals surface area contributed by atoms with Crippen LogP contribution in [0.15, 0.2) is 60.7 Å². The van der Waals surface area contributed by atoms with Gasteiger partial charge in [-0.3, -0.25) is 4.79 Å². The molecule has 1 aliphatic rings. The van der Waals surface area contributed by atoms with Crippen LogP contribution in [-0.2, 0) is 20.7 Å². The van der Waals surface area contributed by atoms with E-state index in [0.29, 0.717) is 12.8 Å². The first-order valence-corrected chi connectivity index (χ1v) is 9.48. The highest BCUT2D eigenvalue weighted by Gasteiger charge is 2.57. The van der Waals surface area contributed by atoms with Crippen LogP contribution in [0.25, 0.3) is 0 Å². The number of hydrogen-bond acceptors (Lipinski definition) is 3. The molecule has 4 heteroatoms. The lowest BCUT2D eigenvalue weighted by atomic mass is 9.84. The molecule has 0 aliphatic carbocycles. The highest BCUT2D eigenvalue weighted by atomic mass is 16.6. The van der Waals surface area contributed by atoms with Crippen molar-refractivity contribution in [1.82, 2.24) is 4.90 Å². The zero-order chi connectivity index (χ0) is 19.7. The van der Waals surface area contributed by atoms with Crippen LogP contribution in [0.3, 0.4) is 0 Å². The largest absolute Gasteiger partial charge is 0.447 e. The standard InChI is InChI=1S/C23H27NO3/c1-5-22(3)21(26)27-23(4,16-18-12-8-6-9-13-18)20(25)24(22)17(2)19-14-10-7-11-15-19/h6-15,17H,5,16H2,1-4H3/t17-,22+,23+/m1/s1. The van der Waals surface area contributed by atoms with Gasteiger partial charge in [0.25, 0.3) is 5.91 Å². The van der Waals surface area contributed by atoms with Gasteiger partial charge in [0.2, 0.25) is 0 Å². The number of benzene rings is 2. The van der Waals surface area contributed by atoms with E-state index in [4.69, 9.17) is 4.74 Å². The van der Waals surface area contributed by atoms with Gasteiger partial charge in [0.1, 0.15) is 5.54 Å². The summed E-state index contributed by atoms with van der Waals surface area (Å²) in [6.07, 6.45) is 0.854. The summed E-state index contributed by atoms with van der Waals surface area (Å²) < 4.78 is 5.78. The Labute approximate surface area is 161 Å². The van der Waals surface area contributed by atoms with Crippen molar-refractivity contribution in [2.24, 2.45) is 0 Å². The van der Waals surface area contributed by atoms with E-state index in [2.05, 4.69) is 0 Å². The zero-order valence-electron chi connectivity index (χ0n) is 16.4. The Hall–Kier alpha value is -2.62. The molecule has 0 radical (unpaired) electrons. The Morgan fingerprint density at radius 3 is 2.07 bits per heavy atom. The summed E-state index contributed by atoms with van der Waals surface area (Å²) in [5, 5.41) is 0. The van der Waals surface area contributed by atoms with E-state index < -0.39 is 11.1 Å². The molecule has 0 unspecified atom stereocenters. The van der Waals surface area contributed by atoms with E-state index in [9.17, 15) is 9.59 Å². The van der Waals surface area contributed by atoms with E-state index in [1.165, 1.54) is 0 Å². The zero-order valence-corrected chi connectivity index (χ0v) is 16.4. The maximum atomic E-state index is 13.6. The molecule has 4 nitrogen and oxygen atoms in total. The lowest BCUT2D eigenvalue weighted by Crippen LogP contribution is -2.68. The van der Waals surface area contributed by atoms with Crippen molar-refractivity contribution >= 4 is 11.9 Å². The summed E-state index contributed by atoms with van der Waals surface area (Å²) in [6.45, 7) is 7.41. The van der Waals surface area contributed by atoms with Crippen LogP contribution >= 0.6 is 0 Å². The predicted molar refractivity (Wildman–Crippen MR) is 105 cm³/mol. The Kier molecular flexibility index (Phi) is 5.09. The van der Waals surface area contributed by atoms with Gasteiger partial charge in [0.15, 0.2) is 5.60 Å². The number of esters is 1. The molecule has 0 saturated carbocycles. The molecule has 1 aliphatic heterocycles. The minimum atomic E-state index is -1.21. The lowest BCUT2D eigenvalue weighted by Gasteiger charge is -2.51. The van der Waals surface area contributed by atoms with Crippen molar-refractivity contribution in [3.8, 4) is 0 Å². The van der Waals surface area contributed by atoms with E-state index >= 15 is 0 Å². The molecular formula is C23H27NO3. The lowest BCUT2D eigenvalue weighted by molar-refractivity contribution is -0.204. The number of morpholine rings is 1. The van der Waals surface area contributed by atoms with Crippen molar-refractivity contribution < 1.29 is 14.3 Å². The second kappa shape index (κ2) is 7.18. The van der Waals surface area contributed by atoms with Gasteiger partial charge in [0.05, 0.1) is 6.04 Å². The molecule has 0 N–H and O–H groups in total. The van der Waals surface area contributed by atoms with Gasteiger partial charge < -0.3 is 9.64 Å². The average Bonchev–Trinajstić information content (AvgIpc) is 2.68. The molecule has 27 heavy (non-hydrogen) atoms. The quantitative estimate of drug-likeness (QED) is 0.742. The van der Waals surface area contributed by atoms with Crippen LogP contribution in [0.4, 0.5) is 0 Å². The average molecular weight is 365 g/mol. The molecular weight excluding hydrogens is 338 g/mol. The van der Waals surface area contributed by atoms with Gasteiger partial charge >= 0.3 is 5.97 Å². The Bertz CT molecular complexity index is 820. The smallest absolute Gasteiger partial charge is 0.332 e. The van der Waals surface area contributed by atoms with E-state index in [0.717, 1.165) is 11.1 Å². The fraction of sp³-hybridized carbons (Fsp3) is 0.391. The number of amides is 1. The molecule has 0 bridgehead atoms. The third kappa shape index (κ3) is 3.36. The summed E-state index contributed by atoms with van der Waals surface area (Å²) in [5.41, 5.74) is -0.227. The molecule has 142 valence electrons. The fourth-order valence-corrected chi connectivity index (χ4v) is 3.83. The van der Waals surface area contributed by atoms with Crippen molar-refractivity contribution in [3.05, 3.63) is 71.8 Å². The molecule has 3 rings (SSSR count). The monoisotopic (exact) mass is 365 g/mol. The number of cyclic esters (lactones) is 1. The molecule has 1 amide bonds. The fourth-order valence-electron chi connectivity index (χ4n) is 3.83. The number of nitrogens with zero attached hydrogens (tertiary/aromatic N) is 1. The van der Waals surface area contributed by atoms with Gasteiger partial charge in [-0.1, -0.05) is 67.6 Å². The summed E-state index contributed by atoms with van der Waals surface area (Å²) in [7, 11) is 0. The first-order valence-electron chi connectivity index (χ1n) is 9.48. The molecule has 0 aromatic heterocycles. The van der Waals surface area contributed by atoms with Crippen LogP contribution in [0, 0.1) is 0 Å². The normalized spacial score (nSPS) is 26.6. The van der Waals surface area contributed by atoms with Crippen molar-refractivity contribution in [3.63, 3.8) is 0 Å². The third-order valence-electron chi connectivity index (χ3n) is 5.70. The third-order valence-corrected chi connectivity index (χ3v) is 5.70. The molecule has 1 heterocycles. The van der Waals surface area contributed by atoms with Crippen LogP contribution in [0.5, 0.6) is 0 Å². The maximum absolute atomic E-state index is 13.6. The Morgan fingerprint density at radius 1 is 0.963 bits per heavy atom. The first-order chi connectivity index (χ1) is 12.8. The van der Waals surface area contributed by atoms with Crippen LogP contribution in [0.2, 0.25) is 0 Å². The minimum absolute atomic E-state index is 0.147. The summed E-state index contributed by atoms with van der Waals surface area (Å²) in [6, 6.07) is 19.3. The topological polar surface area (TPSA) is 46.6 Å². The van der Waals surface area contributed by atoms with Crippen molar-refractivity contribution in [2.45, 2.75) is 57.7 Å². The van der Waals surface area contributed by atoms with E-state index in [1.807, 2.05) is 74.5 Å². The van der Waals surface area contributed by atoms with Gasteiger partial charge in [-0.05, 0) is 38.3 Å². The van der Waals surface area contributed by atoms with Crippen molar-refractivity contribution in [2.75, 3.05) is 0 Å². The second-order valence-corrected chi connectivity index (χ2v) is 7.67. The Balaban J connectivity index is 2.02. The highest BCUT2D eigenvalue weighted by Crippen LogP contribution is 2.40. The SMILES string of the molecule is CC[C@@]1(C)C(=O)O[C@@](C)(Cc2ccccc2)C(=O)N1[C@H](C)c1ccccc1. The molecule has 3 atom stereocenters. The number of carbonyl (C=O) groups excluding carboxylic acids is 2. The van der Waals surface area contributed by atoms with Crippen molar-refractivity contribution in [1.29, 1.82) is 0 Å². The van der Waals surface area contributed by atoms with Gasteiger partial charge in [-0.2, -0.15) is 0 Å². The number of hydrogen-bond donors (Lipinski definition) is 0. The summed E-state index contributed by atoms with van der Waals surface area (Å²) in [5.74, 6) is -0.488. The van der Waals surface area contributed by atoms with Gasteiger partial charge in [-0.15, -0.1) is 0 Å². The van der Waals surface area contributed by atoms with E-state index in [1.54, 1.807) is 18.7 Å². The summed E-state index contributed by atoms with van der Waals surface area (Å²) in [4.78, 5) is 28.4. The number of rotatable bonds is 5. The highest BCUT2D eigenvalue weighted by molar-refractivity contribution is 5.98. The molecule has 2 aromatic rings. The summed E-state index contributed by atoms with van der Waals surface area (Å²) >= 11 is 0. The van der Waals surface area contributed by atoms with Crippen LogP contribution < -0.4 is 0 Å². The first kappa shape index (κ1) is 19.2. The Morgan fingerprint density at radius 2 is 1.52 bits per heavy atom. The van der Waals surface area contributed by atoms with Gasteiger partial charge in [-0.25, -0.2) is 4.79 Å². The second-order valence-electron chi connectivity index (χ2n) is 7.67. The minimum Gasteiger partial charge on any atom is -0.447 e. The molecule has 0 spiro atoms. The number of carbonyl (C=O) groups is 2. The van der Waals surface area contributed by atoms with Crippen LogP contribution in [-0.4, -0.2) is 27.9 Å². The molecule has 2 aromatic carbocycles.